The molecule has 1 aliphatic heterocycles. The molecule has 15 heavy (non-hydrogen) atoms. The molecule has 0 bridgehead atoms. The number of carbonyl (C=O) groups excluding carboxylic acids is 2. The monoisotopic (exact) mass is 200 g/mol. The van der Waals surface area contributed by atoms with E-state index in [1.807, 2.05) is 6.07 Å². The lowest BCUT2D eigenvalue weighted by Gasteiger charge is -2.13. The molecule has 0 unspecified atom stereocenters. The summed E-state index contributed by atoms with van der Waals surface area (Å²) < 4.78 is 0. The van der Waals surface area contributed by atoms with Crippen molar-refractivity contribution in [1.82, 2.24) is 0 Å². The highest BCUT2D eigenvalue weighted by molar-refractivity contribution is 6.19. The third-order valence-corrected chi connectivity index (χ3v) is 2.28. The molecule has 1 heterocycles. The van der Waals surface area contributed by atoms with Gasteiger partial charge >= 0.3 is 0 Å². The zero-order valence-corrected chi connectivity index (χ0v) is 7.93. The summed E-state index contributed by atoms with van der Waals surface area (Å²) in [7, 11) is 0. The summed E-state index contributed by atoms with van der Waals surface area (Å²) in [5, 5.41) is 8.70. The van der Waals surface area contributed by atoms with E-state index in [0.717, 1.165) is 4.90 Å². The van der Waals surface area contributed by atoms with E-state index in [1.54, 1.807) is 24.3 Å². The normalized spacial score (nSPS) is 15.5. The molecule has 2 rings (SSSR count). The number of benzene rings is 1. The average molecular weight is 200 g/mol. The van der Waals surface area contributed by atoms with Gasteiger partial charge in [0.25, 0.3) is 0 Å². The Kier molecular flexibility index (Phi) is 2.22. The first kappa shape index (κ1) is 9.41. The van der Waals surface area contributed by atoms with E-state index in [9.17, 15) is 9.59 Å². The fourth-order valence-electron chi connectivity index (χ4n) is 1.58. The standard InChI is InChI=1S/C11H8N2O2/c12-7-8-2-1-3-9(6-8)13-10(14)4-5-11(13)15/h1-3,6H,4-5H2. The summed E-state index contributed by atoms with van der Waals surface area (Å²) in [6.07, 6.45) is 0.519. The number of anilines is 1. The topological polar surface area (TPSA) is 61.2 Å². The van der Waals surface area contributed by atoms with Crippen molar-refractivity contribution in [1.29, 1.82) is 5.26 Å². The predicted molar refractivity (Wildman–Crippen MR) is 52.9 cm³/mol. The van der Waals surface area contributed by atoms with Gasteiger partial charge in [-0.15, -0.1) is 0 Å². The number of nitrogens with zero attached hydrogens (tertiary/aromatic N) is 2. The largest absolute Gasteiger partial charge is 0.274 e. The second-order valence-corrected chi connectivity index (χ2v) is 3.29. The van der Waals surface area contributed by atoms with E-state index in [1.165, 1.54) is 0 Å². The summed E-state index contributed by atoms with van der Waals surface area (Å²) in [6.45, 7) is 0. The molecule has 0 spiro atoms. The van der Waals surface area contributed by atoms with Crippen LogP contribution in [0.25, 0.3) is 0 Å². The van der Waals surface area contributed by atoms with Crippen LogP contribution in [0.4, 0.5) is 5.69 Å². The van der Waals surface area contributed by atoms with E-state index in [4.69, 9.17) is 5.26 Å². The van der Waals surface area contributed by atoms with E-state index in [0.29, 0.717) is 11.3 Å². The van der Waals surface area contributed by atoms with Crippen molar-refractivity contribution in [3.63, 3.8) is 0 Å². The van der Waals surface area contributed by atoms with Crippen LogP contribution in [0.2, 0.25) is 0 Å². The zero-order valence-electron chi connectivity index (χ0n) is 7.93. The fraction of sp³-hybridized carbons (Fsp3) is 0.182. The van der Waals surface area contributed by atoms with Crippen molar-refractivity contribution < 1.29 is 9.59 Å². The van der Waals surface area contributed by atoms with Crippen LogP contribution in [-0.4, -0.2) is 11.8 Å². The average Bonchev–Trinajstić information content (AvgIpc) is 2.59. The highest BCUT2D eigenvalue weighted by Crippen LogP contribution is 2.22. The van der Waals surface area contributed by atoms with Crippen LogP contribution in [0, 0.1) is 11.3 Å². The van der Waals surface area contributed by atoms with Crippen molar-refractivity contribution in [2.45, 2.75) is 12.8 Å². The minimum absolute atomic E-state index is 0.199. The van der Waals surface area contributed by atoms with Gasteiger partial charge < -0.3 is 0 Å². The Hall–Kier alpha value is -2.15. The Morgan fingerprint density at radius 1 is 1.20 bits per heavy atom. The maximum atomic E-state index is 11.4. The highest BCUT2D eigenvalue weighted by Gasteiger charge is 2.30. The molecule has 1 saturated heterocycles. The molecule has 74 valence electrons. The molecule has 0 atom stereocenters. The van der Waals surface area contributed by atoms with Crippen LogP contribution in [0.1, 0.15) is 18.4 Å². The molecule has 0 radical (unpaired) electrons. The molecule has 0 saturated carbocycles. The summed E-state index contributed by atoms with van der Waals surface area (Å²) >= 11 is 0. The molecular formula is C11H8N2O2. The molecule has 1 aromatic carbocycles. The Bertz CT molecular complexity index is 458. The SMILES string of the molecule is N#Cc1cccc(N2C(=O)CCC2=O)c1. The van der Waals surface area contributed by atoms with Crippen LogP contribution in [0.3, 0.4) is 0 Å². The first-order valence-electron chi connectivity index (χ1n) is 4.58. The van der Waals surface area contributed by atoms with Crippen molar-refractivity contribution >= 4 is 17.5 Å². The van der Waals surface area contributed by atoms with E-state index in [2.05, 4.69) is 0 Å². The van der Waals surface area contributed by atoms with Crippen molar-refractivity contribution in [3.05, 3.63) is 29.8 Å². The lowest BCUT2D eigenvalue weighted by molar-refractivity contribution is -0.121. The molecule has 0 aromatic heterocycles. The van der Waals surface area contributed by atoms with Gasteiger partial charge in [0.2, 0.25) is 11.8 Å². The molecule has 0 N–H and O–H groups in total. The summed E-state index contributed by atoms with van der Waals surface area (Å²) in [5.74, 6) is -0.398. The van der Waals surface area contributed by atoms with E-state index < -0.39 is 0 Å². The Morgan fingerprint density at radius 3 is 2.47 bits per heavy atom. The molecule has 1 fully saturated rings. The van der Waals surface area contributed by atoms with Crippen molar-refractivity contribution in [3.8, 4) is 6.07 Å². The van der Waals surface area contributed by atoms with Gasteiger partial charge in [0, 0.05) is 12.8 Å². The lowest BCUT2D eigenvalue weighted by Crippen LogP contribution is -2.28. The van der Waals surface area contributed by atoms with E-state index >= 15 is 0 Å². The van der Waals surface area contributed by atoms with Crippen LogP contribution >= 0.6 is 0 Å². The molecule has 2 amide bonds. The second-order valence-electron chi connectivity index (χ2n) is 3.29. The predicted octanol–water partition coefficient (Wildman–Crippen LogP) is 1.21. The van der Waals surface area contributed by atoms with Gasteiger partial charge in [0.1, 0.15) is 0 Å². The molecular weight excluding hydrogens is 192 g/mol. The van der Waals surface area contributed by atoms with Crippen molar-refractivity contribution in [2.24, 2.45) is 0 Å². The molecule has 4 nitrogen and oxygen atoms in total. The quantitative estimate of drug-likeness (QED) is 0.640. The lowest BCUT2D eigenvalue weighted by atomic mass is 10.2. The summed E-state index contributed by atoms with van der Waals surface area (Å²) in [6, 6.07) is 8.46. The zero-order chi connectivity index (χ0) is 10.8. The number of rotatable bonds is 1. The van der Waals surface area contributed by atoms with Gasteiger partial charge in [-0.2, -0.15) is 5.26 Å². The first-order valence-corrected chi connectivity index (χ1v) is 4.58. The molecule has 1 aromatic rings. The number of hydrogen-bond donors (Lipinski definition) is 0. The molecule has 4 heteroatoms. The minimum atomic E-state index is -0.199. The smallest absolute Gasteiger partial charge is 0.234 e. The number of amides is 2. The van der Waals surface area contributed by atoms with Gasteiger partial charge in [-0.05, 0) is 18.2 Å². The van der Waals surface area contributed by atoms with Crippen LogP contribution in [-0.2, 0) is 9.59 Å². The fourth-order valence-corrected chi connectivity index (χ4v) is 1.58. The highest BCUT2D eigenvalue weighted by atomic mass is 16.2. The van der Waals surface area contributed by atoms with Crippen LogP contribution < -0.4 is 4.90 Å². The Balaban J connectivity index is 2.41. The summed E-state index contributed by atoms with van der Waals surface area (Å²) in [5.41, 5.74) is 0.932. The van der Waals surface area contributed by atoms with E-state index in [-0.39, 0.29) is 24.7 Å². The Morgan fingerprint density at radius 2 is 1.87 bits per heavy atom. The number of nitriles is 1. The van der Waals surface area contributed by atoms with Gasteiger partial charge in [0.15, 0.2) is 0 Å². The van der Waals surface area contributed by atoms with Crippen LogP contribution in [0.5, 0.6) is 0 Å². The number of carbonyl (C=O) groups is 2. The third-order valence-electron chi connectivity index (χ3n) is 2.28. The maximum Gasteiger partial charge on any atom is 0.234 e. The number of hydrogen-bond acceptors (Lipinski definition) is 3. The maximum absolute atomic E-state index is 11.4. The first-order chi connectivity index (χ1) is 7.22. The van der Waals surface area contributed by atoms with Gasteiger partial charge in [0.05, 0.1) is 17.3 Å². The van der Waals surface area contributed by atoms with Gasteiger partial charge in [-0.1, -0.05) is 6.07 Å². The second kappa shape index (κ2) is 3.54. The van der Waals surface area contributed by atoms with Crippen LogP contribution in [0.15, 0.2) is 24.3 Å². The van der Waals surface area contributed by atoms with Gasteiger partial charge in [-0.3, -0.25) is 14.5 Å². The Labute approximate surface area is 86.7 Å². The van der Waals surface area contributed by atoms with Gasteiger partial charge in [-0.25, -0.2) is 0 Å². The molecule has 1 aliphatic rings. The number of imide groups is 1. The molecule has 0 aliphatic carbocycles. The minimum Gasteiger partial charge on any atom is -0.274 e. The summed E-state index contributed by atoms with van der Waals surface area (Å²) in [4.78, 5) is 24.0. The van der Waals surface area contributed by atoms with Crippen molar-refractivity contribution in [2.75, 3.05) is 4.90 Å². The third kappa shape index (κ3) is 1.59.